The Morgan fingerprint density at radius 1 is 0.625 bits per heavy atom. The van der Waals surface area contributed by atoms with E-state index in [0.29, 0.717) is 5.92 Å². The summed E-state index contributed by atoms with van der Waals surface area (Å²) in [6.45, 7) is 9.04. The van der Waals surface area contributed by atoms with Crippen LogP contribution in [0.3, 0.4) is 0 Å². The zero-order chi connectivity index (χ0) is 28.3. The van der Waals surface area contributed by atoms with Gasteiger partial charge < -0.3 is 0 Å². The van der Waals surface area contributed by atoms with Crippen molar-refractivity contribution in [2.75, 3.05) is 0 Å². The Hall–Kier alpha value is -3.02. The van der Waals surface area contributed by atoms with E-state index >= 15 is 0 Å². The van der Waals surface area contributed by atoms with Crippen molar-refractivity contribution in [2.24, 2.45) is 5.92 Å². The van der Waals surface area contributed by atoms with E-state index in [4.69, 9.17) is 0 Å². The first-order valence-electron chi connectivity index (χ1n) is 14.7. The first-order chi connectivity index (χ1) is 19.6. The first kappa shape index (κ1) is 30.0. The molecule has 0 radical (unpaired) electrons. The zero-order valence-corrected chi connectivity index (χ0v) is 26.8. The van der Waals surface area contributed by atoms with Crippen molar-refractivity contribution < 1.29 is 24.2 Å². The van der Waals surface area contributed by atoms with Crippen LogP contribution in [0.25, 0.3) is 21.5 Å². The van der Waals surface area contributed by atoms with Crippen LogP contribution in [-0.2, 0) is 24.2 Å². The molecule has 0 aromatic heterocycles. The van der Waals surface area contributed by atoms with Gasteiger partial charge >= 0.3 is 99.2 Å². The minimum Gasteiger partial charge on any atom is -0.126 e. The van der Waals surface area contributed by atoms with Gasteiger partial charge in [-0.05, 0) is 0 Å². The molecule has 200 valence electrons. The van der Waals surface area contributed by atoms with Crippen LogP contribution >= 0.6 is 0 Å². The van der Waals surface area contributed by atoms with E-state index in [-0.39, 0.29) is 0 Å². The van der Waals surface area contributed by atoms with Crippen LogP contribution in [0.15, 0.2) is 132 Å². The van der Waals surface area contributed by atoms with Crippen LogP contribution in [0.1, 0.15) is 64.5 Å². The Kier molecular flexibility index (Phi) is 11.3. The number of hydrogen-bond acceptors (Lipinski definition) is 0. The van der Waals surface area contributed by atoms with E-state index in [0.717, 1.165) is 6.42 Å². The molecule has 0 aliphatic heterocycles. The fourth-order valence-electron chi connectivity index (χ4n) is 5.63. The van der Waals surface area contributed by atoms with E-state index in [1.54, 1.807) is 11.1 Å². The summed E-state index contributed by atoms with van der Waals surface area (Å²) >= 11 is 1.46. The van der Waals surface area contributed by atoms with Crippen molar-refractivity contribution in [1.82, 2.24) is 0 Å². The van der Waals surface area contributed by atoms with Gasteiger partial charge in [-0.1, -0.05) is 95.7 Å². The van der Waals surface area contributed by atoms with Crippen LogP contribution < -0.4 is 0 Å². The summed E-state index contributed by atoms with van der Waals surface area (Å²) in [7, 11) is 0. The van der Waals surface area contributed by atoms with Crippen molar-refractivity contribution in [1.29, 1.82) is 0 Å². The summed E-state index contributed by atoms with van der Waals surface area (Å²) in [4.78, 5) is 0. The second-order valence-electron chi connectivity index (χ2n) is 10.1. The maximum Gasteiger partial charge on any atom is -0.0771 e. The molecule has 0 amide bonds. The Balaban J connectivity index is 0.000000139. The van der Waals surface area contributed by atoms with Crippen LogP contribution in [-0.4, -0.2) is 3.21 Å². The third kappa shape index (κ3) is 7.19. The van der Waals surface area contributed by atoms with Gasteiger partial charge in [0.2, 0.25) is 0 Å². The predicted octanol–water partition coefficient (Wildman–Crippen LogP) is 10.8. The number of hydrogen-bond donors (Lipinski definition) is 0. The van der Waals surface area contributed by atoms with Crippen LogP contribution in [0.5, 0.6) is 0 Å². The van der Waals surface area contributed by atoms with Gasteiger partial charge in [0.05, 0.1) is 0 Å². The Morgan fingerprint density at radius 3 is 1.52 bits per heavy atom. The molecule has 0 saturated carbocycles. The quantitative estimate of drug-likeness (QED) is 0.170. The van der Waals surface area contributed by atoms with Gasteiger partial charge in [0.25, 0.3) is 0 Å². The summed E-state index contributed by atoms with van der Waals surface area (Å²) in [5.74, 6) is 0.634. The van der Waals surface area contributed by atoms with Crippen molar-refractivity contribution >= 4 is 24.8 Å². The van der Waals surface area contributed by atoms with E-state index in [2.05, 4.69) is 149 Å². The predicted molar refractivity (Wildman–Crippen MR) is 172 cm³/mol. The average Bonchev–Trinajstić information content (AvgIpc) is 3.59. The van der Waals surface area contributed by atoms with Gasteiger partial charge in [-0.25, -0.2) is 5.57 Å². The molecule has 5 aromatic rings. The standard InChI is InChI=1S/C13H9.C13H10.C13H21.Zr/c1-3-7-12-10(5-1)9-11-6-2-4-8-13(11)12;1-3-7-12(8-4-1)11-13-9-5-2-6-10-13;1-5-10-9-11(6-2)13(8-4)12(10)7-3;/h1-9H;1-10H;10H,5-8H2,1-4H3;/q-1;;-1;+2. The number of allylic oxidation sites excluding steroid dienone is 4. The summed E-state index contributed by atoms with van der Waals surface area (Å²) in [6.07, 6.45) is 8.41. The largest absolute Gasteiger partial charge is 0.126 e. The molecule has 0 saturated heterocycles. The minimum atomic E-state index is 0.634. The van der Waals surface area contributed by atoms with Crippen molar-refractivity contribution in [3.8, 4) is 0 Å². The van der Waals surface area contributed by atoms with E-state index in [1.165, 1.54) is 84.9 Å². The molecule has 0 spiro atoms. The molecule has 1 aliphatic rings. The second-order valence-corrected chi connectivity index (χ2v) is 11.3. The molecule has 0 nitrogen and oxygen atoms in total. The van der Waals surface area contributed by atoms with Gasteiger partial charge in [0.15, 0.2) is 0 Å². The Labute approximate surface area is 256 Å². The summed E-state index contributed by atoms with van der Waals surface area (Å²) < 4.78 is 1.42. The molecule has 1 unspecified atom stereocenters. The van der Waals surface area contributed by atoms with Gasteiger partial charge in [-0.15, -0.1) is 39.7 Å². The third-order valence-electron chi connectivity index (χ3n) is 7.66. The topological polar surface area (TPSA) is 0 Å². The normalized spacial score (nSPS) is 14.3. The third-order valence-corrected chi connectivity index (χ3v) is 9.08. The molecule has 5 aromatic carbocycles. The second kappa shape index (κ2) is 15.1. The molecule has 0 N–H and O–H groups in total. The maximum atomic E-state index is 3.63. The molecule has 1 atom stereocenters. The fourth-order valence-corrected chi connectivity index (χ4v) is 6.45. The maximum absolute atomic E-state index is 3.63. The van der Waals surface area contributed by atoms with E-state index in [1.807, 2.05) is 0 Å². The molecular formula is C39H40Zr. The molecule has 0 fully saturated rings. The van der Waals surface area contributed by atoms with Gasteiger partial charge in [-0.3, -0.25) is 6.08 Å². The SMILES string of the molecule is CCC1=[C-]C(CC)C(CC)=C1CC.[Zr+2]=[C](c1ccccc1)c1ccccc1.c1ccc2c(c1)[cH-]c1ccccc12. The molecule has 1 heteroatoms. The summed E-state index contributed by atoms with van der Waals surface area (Å²) in [5, 5.41) is 5.39. The van der Waals surface area contributed by atoms with Crippen molar-refractivity contribution in [3.05, 3.63) is 149 Å². The minimum absolute atomic E-state index is 0.634. The monoisotopic (exact) mass is 598 g/mol. The molecule has 0 bridgehead atoms. The smallest absolute Gasteiger partial charge is 0.0771 e. The van der Waals surface area contributed by atoms with Gasteiger partial charge in [0.1, 0.15) is 0 Å². The molecular weight excluding hydrogens is 560 g/mol. The van der Waals surface area contributed by atoms with Gasteiger partial charge in [0, 0.05) is 0 Å². The zero-order valence-electron chi connectivity index (χ0n) is 24.4. The molecule has 6 rings (SSSR count). The summed E-state index contributed by atoms with van der Waals surface area (Å²) in [5.41, 5.74) is 7.42. The van der Waals surface area contributed by atoms with Gasteiger partial charge in [-0.2, -0.15) is 11.1 Å². The Morgan fingerprint density at radius 2 is 1.10 bits per heavy atom. The van der Waals surface area contributed by atoms with E-state index < -0.39 is 0 Å². The summed E-state index contributed by atoms with van der Waals surface area (Å²) in [6, 6.07) is 40.4. The van der Waals surface area contributed by atoms with Crippen molar-refractivity contribution in [2.45, 2.75) is 53.4 Å². The molecule has 40 heavy (non-hydrogen) atoms. The van der Waals surface area contributed by atoms with Crippen molar-refractivity contribution in [3.63, 3.8) is 0 Å². The molecule has 1 aliphatic carbocycles. The van der Waals surface area contributed by atoms with E-state index in [9.17, 15) is 0 Å². The fraction of sp³-hybridized carbons (Fsp3) is 0.231. The van der Waals surface area contributed by atoms with Crippen LogP contribution in [0, 0.1) is 12.0 Å². The van der Waals surface area contributed by atoms with Crippen LogP contribution in [0.4, 0.5) is 0 Å². The Bertz CT molecular complexity index is 1490. The first-order valence-corrected chi connectivity index (χ1v) is 15.9. The molecule has 0 heterocycles. The number of benzene rings is 4. The average molecular weight is 600 g/mol. The number of fused-ring (bicyclic) bond motifs is 3. The number of rotatable bonds is 6. The van der Waals surface area contributed by atoms with Crippen LogP contribution in [0.2, 0.25) is 0 Å².